The first-order valence-corrected chi connectivity index (χ1v) is 11.6. The van der Waals surface area contributed by atoms with Crippen molar-refractivity contribution in [3.05, 3.63) is 94.5 Å². The van der Waals surface area contributed by atoms with Gasteiger partial charge in [0, 0.05) is 11.6 Å². The smallest absolute Gasteiger partial charge is 0.257 e. The highest BCUT2D eigenvalue weighted by molar-refractivity contribution is 6.31. The minimum atomic E-state index is -0.267. The van der Waals surface area contributed by atoms with Crippen LogP contribution in [0.5, 0.6) is 0 Å². The van der Waals surface area contributed by atoms with Gasteiger partial charge in [-0.1, -0.05) is 60.1 Å². The van der Waals surface area contributed by atoms with Gasteiger partial charge >= 0.3 is 0 Å². The van der Waals surface area contributed by atoms with Crippen LogP contribution in [0.4, 0.5) is 5.82 Å². The lowest BCUT2D eigenvalue weighted by Gasteiger charge is -2.10. The number of amides is 1. The van der Waals surface area contributed by atoms with Gasteiger partial charge in [-0.15, -0.1) is 0 Å². The molecule has 5 rings (SSSR count). The number of para-hydroxylation sites is 2. The number of nitrogen functional groups attached to an aromatic ring is 1. The average molecular weight is 470 g/mol. The second-order valence-corrected chi connectivity index (χ2v) is 8.67. The fraction of sp³-hybridized carbons (Fsp3) is 0.148. The number of carbonyl (C=O) groups is 1. The van der Waals surface area contributed by atoms with Gasteiger partial charge in [0.05, 0.1) is 16.7 Å². The molecule has 34 heavy (non-hydrogen) atoms. The first-order valence-electron chi connectivity index (χ1n) is 11.2. The maximum absolute atomic E-state index is 13.3. The predicted octanol–water partition coefficient (Wildman–Crippen LogP) is 5.48. The van der Waals surface area contributed by atoms with Crippen LogP contribution in [0.1, 0.15) is 27.9 Å². The molecule has 3 aromatic carbocycles. The van der Waals surface area contributed by atoms with Gasteiger partial charge in [0.25, 0.3) is 5.91 Å². The molecule has 2 aromatic heterocycles. The number of hydrogen-bond donors (Lipinski definition) is 2. The summed E-state index contributed by atoms with van der Waals surface area (Å²) >= 11 is 6.40. The number of benzene rings is 3. The molecule has 0 aliphatic rings. The number of hydrogen-bond acceptors (Lipinski definition) is 4. The van der Waals surface area contributed by atoms with Crippen molar-refractivity contribution >= 4 is 45.5 Å². The fourth-order valence-corrected chi connectivity index (χ4v) is 4.27. The summed E-state index contributed by atoms with van der Waals surface area (Å²) in [4.78, 5) is 22.9. The van der Waals surface area contributed by atoms with Crippen molar-refractivity contribution in [1.29, 1.82) is 0 Å². The van der Waals surface area contributed by atoms with E-state index in [1.165, 1.54) is 5.56 Å². The number of aromatic nitrogens is 3. The van der Waals surface area contributed by atoms with E-state index in [1.54, 1.807) is 4.57 Å². The van der Waals surface area contributed by atoms with E-state index in [0.717, 1.165) is 29.6 Å². The Morgan fingerprint density at radius 3 is 2.44 bits per heavy atom. The van der Waals surface area contributed by atoms with Crippen molar-refractivity contribution in [1.82, 2.24) is 19.9 Å². The minimum Gasteiger partial charge on any atom is -0.384 e. The highest BCUT2D eigenvalue weighted by Gasteiger charge is 2.24. The number of nitrogens with zero attached hydrogens (tertiary/aromatic N) is 3. The number of rotatable bonds is 6. The second-order valence-electron chi connectivity index (χ2n) is 8.26. The Balaban J connectivity index is 1.53. The van der Waals surface area contributed by atoms with Gasteiger partial charge in [-0.05, 0) is 55.2 Å². The van der Waals surface area contributed by atoms with Gasteiger partial charge in [-0.25, -0.2) is 9.97 Å². The van der Waals surface area contributed by atoms with Crippen molar-refractivity contribution in [3.8, 4) is 5.69 Å². The molecule has 170 valence electrons. The summed E-state index contributed by atoms with van der Waals surface area (Å²) in [5.41, 5.74) is 12.2. The molecule has 0 aliphatic heterocycles. The third-order valence-corrected chi connectivity index (χ3v) is 6.32. The van der Waals surface area contributed by atoms with Crippen LogP contribution < -0.4 is 11.1 Å². The topological polar surface area (TPSA) is 85.8 Å². The van der Waals surface area contributed by atoms with E-state index in [0.29, 0.717) is 33.8 Å². The first kappa shape index (κ1) is 21.9. The van der Waals surface area contributed by atoms with Crippen LogP contribution in [-0.4, -0.2) is 27.0 Å². The number of halogens is 1. The molecule has 2 heterocycles. The van der Waals surface area contributed by atoms with E-state index in [4.69, 9.17) is 27.3 Å². The molecule has 0 saturated carbocycles. The molecule has 7 heteroatoms. The first-order chi connectivity index (χ1) is 16.5. The van der Waals surface area contributed by atoms with Crippen molar-refractivity contribution < 1.29 is 4.79 Å². The zero-order valence-electron chi connectivity index (χ0n) is 18.8. The fourth-order valence-electron chi connectivity index (χ4n) is 4.10. The van der Waals surface area contributed by atoms with E-state index in [9.17, 15) is 4.79 Å². The quantitative estimate of drug-likeness (QED) is 0.322. The SMILES string of the molecule is Cc1ccc(-n2c(N)c(C(=O)NCCCc3ccccc3)c3nc4ccccc4nc32)cc1Cl. The van der Waals surface area contributed by atoms with Gasteiger partial charge < -0.3 is 11.1 Å². The monoisotopic (exact) mass is 469 g/mol. The third-order valence-electron chi connectivity index (χ3n) is 5.91. The van der Waals surface area contributed by atoms with Crippen LogP contribution in [0.3, 0.4) is 0 Å². The molecule has 0 unspecified atom stereocenters. The van der Waals surface area contributed by atoms with Gasteiger partial charge in [-0.3, -0.25) is 9.36 Å². The van der Waals surface area contributed by atoms with Crippen LogP contribution in [0.2, 0.25) is 5.02 Å². The molecule has 0 saturated heterocycles. The molecule has 0 radical (unpaired) electrons. The standard InChI is InChI=1S/C27H24ClN5O/c1-17-13-14-19(16-20(17)28)33-25(29)23(24-26(33)32-22-12-6-5-11-21(22)31-24)27(34)30-15-7-10-18-8-3-2-4-9-18/h2-6,8-9,11-14,16H,7,10,15,29H2,1H3,(H,30,34). The summed E-state index contributed by atoms with van der Waals surface area (Å²) in [6, 6.07) is 23.4. The normalized spacial score (nSPS) is 11.2. The Kier molecular flexibility index (Phi) is 5.90. The summed E-state index contributed by atoms with van der Waals surface area (Å²) in [5.74, 6) is 0.0166. The maximum Gasteiger partial charge on any atom is 0.257 e. The minimum absolute atomic E-state index is 0.267. The Morgan fingerprint density at radius 1 is 1.00 bits per heavy atom. The molecule has 1 amide bonds. The highest BCUT2D eigenvalue weighted by atomic mass is 35.5. The lowest BCUT2D eigenvalue weighted by atomic mass is 10.1. The number of fused-ring (bicyclic) bond motifs is 2. The molecule has 0 aliphatic carbocycles. The van der Waals surface area contributed by atoms with E-state index in [1.807, 2.05) is 67.6 Å². The molecule has 0 fully saturated rings. The zero-order valence-corrected chi connectivity index (χ0v) is 19.5. The van der Waals surface area contributed by atoms with Crippen molar-refractivity contribution in [2.45, 2.75) is 19.8 Å². The number of nitrogens with one attached hydrogen (secondary N) is 1. The van der Waals surface area contributed by atoms with E-state index < -0.39 is 0 Å². The number of nitrogens with two attached hydrogens (primary N) is 1. The van der Waals surface area contributed by atoms with Gasteiger partial charge in [0.15, 0.2) is 5.65 Å². The second kappa shape index (κ2) is 9.15. The zero-order chi connectivity index (χ0) is 23.7. The Morgan fingerprint density at radius 2 is 1.71 bits per heavy atom. The third kappa shape index (κ3) is 4.08. The number of aryl methyl sites for hydroxylation is 2. The average Bonchev–Trinajstić information content (AvgIpc) is 3.13. The molecule has 5 aromatic rings. The Hall–Kier alpha value is -3.90. The molecule has 6 nitrogen and oxygen atoms in total. The van der Waals surface area contributed by atoms with Gasteiger partial charge in [-0.2, -0.15) is 0 Å². The summed E-state index contributed by atoms with van der Waals surface area (Å²) in [6.07, 6.45) is 1.70. The van der Waals surface area contributed by atoms with Crippen LogP contribution in [-0.2, 0) is 6.42 Å². The maximum atomic E-state index is 13.3. The molecule has 0 atom stereocenters. The van der Waals surface area contributed by atoms with Crippen LogP contribution in [0, 0.1) is 6.92 Å². The number of carbonyl (C=O) groups excluding carboxylic acids is 1. The molecule has 0 spiro atoms. The van der Waals surface area contributed by atoms with Gasteiger partial charge in [0.2, 0.25) is 0 Å². The molecule has 0 bridgehead atoms. The summed E-state index contributed by atoms with van der Waals surface area (Å²) in [6.45, 7) is 2.46. The number of anilines is 1. The Labute approximate surface area is 202 Å². The summed E-state index contributed by atoms with van der Waals surface area (Å²) < 4.78 is 1.75. The van der Waals surface area contributed by atoms with Crippen molar-refractivity contribution in [3.63, 3.8) is 0 Å². The Bertz CT molecular complexity index is 1510. The van der Waals surface area contributed by atoms with Crippen LogP contribution >= 0.6 is 11.6 Å². The molecular formula is C27H24ClN5O. The largest absolute Gasteiger partial charge is 0.384 e. The van der Waals surface area contributed by atoms with E-state index in [2.05, 4.69) is 17.4 Å². The lowest BCUT2D eigenvalue weighted by Crippen LogP contribution is -2.25. The van der Waals surface area contributed by atoms with Gasteiger partial charge in [0.1, 0.15) is 16.9 Å². The van der Waals surface area contributed by atoms with Crippen molar-refractivity contribution in [2.24, 2.45) is 0 Å². The molecular weight excluding hydrogens is 446 g/mol. The van der Waals surface area contributed by atoms with Crippen LogP contribution in [0.25, 0.3) is 27.9 Å². The predicted molar refractivity (Wildman–Crippen MR) is 138 cm³/mol. The molecule has 3 N–H and O–H groups in total. The van der Waals surface area contributed by atoms with Crippen LogP contribution in [0.15, 0.2) is 72.8 Å². The van der Waals surface area contributed by atoms with E-state index >= 15 is 0 Å². The summed E-state index contributed by atoms with van der Waals surface area (Å²) in [7, 11) is 0. The lowest BCUT2D eigenvalue weighted by molar-refractivity contribution is 0.0955. The van der Waals surface area contributed by atoms with E-state index in [-0.39, 0.29) is 11.7 Å². The summed E-state index contributed by atoms with van der Waals surface area (Å²) in [5, 5.41) is 3.62. The van der Waals surface area contributed by atoms with Crippen molar-refractivity contribution in [2.75, 3.05) is 12.3 Å². The highest BCUT2D eigenvalue weighted by Crippen LogP contribution is 2.32.